The number of hydrogen-bond donors (Lipinski definition) is 0. The fourth-order valence-corrected chi connectivity index (χ4v) is 2.95. The lowest BCUT2D eigenvalue weighted by Crippen LogP contribution is -2.00. The van der Waals surface area contributed by atoms with Crippen LogP contribution in [0.5, 0.6) is 0 Å². The maximum Gasteiger partial charge on any atom is 0.238 e. The summed E-state index contributed by atoms with van der Waals surface area (Å²) in [7, 11) is -2.54. The molecule has 1 heterocycles. The molecule has 0 bridgehead atoms. The second-order valence-electron chi connectivity index (χ2n) is 5.61. The molecule has 0 radical (unpaired) electrons. The molecule has 1 aromatic heterocycles. The van der Waals surface area contributed by atoms with Crippen LogP contribution in [0.15, 0.2) is 42.6 Å². The number of hydrogen-bond acceptors (Lipinski definition) is 3. The van der Waals surface area contributed by atoms with Crippen molar-refractivity contribution in [1.82, 2.24) is 4.73 Å². The van der Waals surface area contributed by atoms with Gasteiger partial charge in [0, 0.05) is 6.42 Å². The van der Waals surface area contributed by atoms with Crippen molar-refractivity contribution in [1.29, 1.82) is 0 Å². The van der Waals surface area contributed by atoms with Crippen molar-refractivity contribution in [2.45, 2.75) is 33.1 Å². The molecular formula is C17H20NO3S-. The fraction of sp³-hybridized carbons (Fsp3) is 0.353. The third kappa shape index (κ3) is 4.01. The summed E-state index contributed by atoms with van der Waals surface area (Å²) in [6.45, 7) is 4.40. The van der Waals surface area contributed by atoms with Crippen LogP contribution < -0.4 is 0 Å². The van der Waals surface area contributed by atoms with E-state index in [0.717, 1.165) is 18.4 Å². The second-order valence-corrected chi connectivity index (χ2v) is 6.47. The van der Waals surface area contributed by atoms with E-state index in [-0.39, 0.29) is 4.64 Å². The maximum absolute atomic E-state index is 11.6. The molecule has 0 amide bonds. The van der Waals surface area contributed by atoms with Gasteiger partial charge in [-0.05, 0) is 41.3 Å². The zero-order chi connectivity index (χ0) is 16.1. The van der Waals surface area contributed by atoms with Crippen molar-refractivity contribution in [2.75, 3.05) is 0 Å². The average Bonchev–Trinajstić information content (AvgIpc) is 2.48. The highest BCUT2D eigenvalue weighted by atomic mass is 32.2. The molecule has 5 heteroatoms. The highest BCUT2D eigenvalue weighted by Gasteiger charge is 2.04. The minimum atomic E-state index is -2.54. The third-order valence-corrected chi connectivity index (χ3v) is 4.61. The summed E-state index contributed by atoms with van der Waals surface area (Å²) < 4.78 is 22.6. The molecule has 22 heavy (non-hydrogen) atoms. The van der Waals surface area contributed by atoms with Gasteiger partial charge in [-0.3, -0.25) is 0 Å². The van der Waals surface area contributed by atoms with Gasteiger partial charge in [0.15, 0.2) is 4.64 Å². The Balaban J connectivity index is 2.26. The Morgan fingerprint density at radius 1 is 1.14 bits per heavy atom. The van der Waals surface area contributed by atoms with E-state index >= 15 is 0 Å². The monoisotopic (exact) mass is 318 g/mol. The van der Waals surface area contributed by atoms with Crippen molar-refractivity contribution in [2.24, 2.45) is 5.92 Å². The van der Waals surface area contributed by atoms with Gasteiger partial charge >= 0.3 is 0 Å². The molecule has 0 spiro atoms. The summed E-state index contributed by atoms with van der Waals surface area (Å²) in [5.74, 6) is 0.647. The Labute approximate surface area is 132 Å². The molecule has 1 unspecified atom stereocenters. The first-order valence-corrected chi connectivity index (χ1v) is 8.47. The molecule has 2 aromatic rings. The van der Waals surface area contributed by atoms with Crippen molar-refractivity contribution in [3.63, 3.8) is 0 Å². The van der Waals surface area contributed by atoms with E-state index in [0.29, 0.717) is 22.6 Å². The smallest absolute Gasteiger partial charge is 0.238 e. The van der Waals surface area contributed by atoms with Crippen LogP contribution in [0.25, 0.3) is 0 Å². The Kier molecular flexibility index (Phi) is 5.44. The van der Waals surface area contributed by atoms with Gasteiger partial charge in [-0.25, -0.2) is 0 Å². The molecule has 4 nitrogen and oxygen atoms in total. The Bertz CT molecular complexity index is 797. The van der Waals surface area contributed by atoms with Crippen LogP contribution in [0.2, 0.25) is 0 Å². The second kappa shape index (κ2) is 7.31. The van der Waals surface area contributed by atoms with Crippen LogP contribution in [-0.4, -0.2) is 13.1 Å². The lowest BCUT2D eigenvalue weighted by atomic mass is 9.97. The van der Waals surface area contributed by atoms with E-state index in [9.17, 15) is 13.6 Å². The lowest BCUT2D eigenvalue weighted by molar-refractivity contribution is 0.560. The molecule has 118 valence electrons. The van der Waals surface area contributed by atoms with Crippen molar-refractivity contribution < 1.29 is 8.42 Å². The van der Waals surface area contributed by atoms with Crippen molar-refractivity contribution in [3.8, 4) is 0 Å². The Morgan fingerprint density at radius 2 is 1.77 bits per heavy atom. The largest absolute Gasteiger partial charge is 0.805 e. The predicted molar refractivity (Wildman–Crippen MR) is 87.8 cm³/mol. The third-order valence-electron chi connectivity index (χ3n) is 3.85. The Hall–Kier alpha value is -2.01. The quantitative estimate of drug-likeness (QED) is 0.794. The summed E-state index contributed by atoms with van der Waals surface area (Å²) in [4.78, 5) is 0. The van der Waals surface area contributed by atoms with Crippen LogP contribution in [0.3, 0.4) is 0 Å². The topological polar surface area (TPSA) is 62.1 Å². The number of rotatable bonds is 5. The highest BCUT2D eigenvalue weighted by molar-refractivity contribution is 7.63. The first kappa shape index (κ1) is 16.4. The zero-order valence-electron chi connectivity index (χ0n) is 12.8. The normalized spacial score (nSPS) is 12.1. The van der Waals surface area contributed by atoms with E-state index < -0.39 is 10.3 Å². The summed E-state index contributed by atoms with van der Waals surface area (Å²) in [6, 6.07) is 11.4. The van der Waals surface area contributed by atoms with Gasteiger partial charge in [0.1, 0.15) is 0 Å². The molecule has 0 fully saturated rings. The number of benzene rings is 1. The summed E-state index contributed by atoms with van der Waals surface area (Å²) >= 11 is 0. The molecule has 0 aliphatic carbocycles. The number of nitrogens with zero attached hydrogens (tertiary/aromatic N) is 1. The summed E-state index contributed by atoms with van der Waals surface area (Å²) in [5, 5.41) is 11.6. The van der Waals surface area contributed by atoms with Crippen molar-refractivity contribution in [3.05, 3.63) is 69.1 Å². The first-order chi connectivity index (χ1) is 10.5. The minimum Gasteiger partial charge on any atom is -0.805 e. The van der Waals surface area contributed by atoms with E-state index in [2.05, 4.69) is 26.0 Å². The summed E-state index contributed by atoms with van der Waals surface area (Å²) in [6.07, 6.45) is 3.81. The lowest BCUT2D eigenvalue weighted by Gasteiger charge is -2.12. The number of pyridine rings is 1. The molecule has 2 rings (SSSR count). The molecule has 0 saturated heterocycles. The van der Waals surface area contributed by atoms with Crippen LogP contribution in [0.1, 0.15) is 37.0 Å². The maximum atomic E-state index is 11.6. The van der Waals surface area contributed by atoms with E-state index in [1.807, 2.05) is 12.1 Å². The van der Waals surface area contributed by atoms with Crippen LogP contribution in [-0.2, 0) is 23.1 Å². The fourth-order valence-electron chi connectivity index (χ4n) is 2.39. The number of aromatic nitrogens is 1. The molecule has 1 aromatic carbocycles. The SMILES string of the molecule is CCC(C)Cc1ccc(Cc2cccn([O-])c2=S(=O)=O)cc1. The van der Waals surface area contributed by atoms with E-state index in [1.54, 1.807) is 12.1 Å². The molecule has 0 N–H and O–H groups in total. The zero-order valence-corrected chi connectivity index (χ0v) is 13.6. The van der Waals surface area contributed by atoms with Crippen LogP contribution in [0.4, 0.5) is 0 Å². The molecule has 0 aliphatic rings. The molecule has 0 aliphatic heterocycles. The molecule has 0 saturated carbocycles. The molecule has 1 atom stereocenters. The van der Waals surface area contributed by atoms with E-state index in [4.69, 9.17) is 0 Å². The minimum absolute atomic E-state index is 0.203. The van der Waals surface area contributed by atoms with Crippen LogP contribution in [0, 0.1) is 15.8 Å². The standard InChI is InChI=1S/C17H20NO3S/c1-3-13(2)11-14-6-8-15(9-7-14)12-16-5-4-10-18(19)17(16)22(20)21/h4-10,13H,3,11-12H2,1-2H3/q-1. The first-order valence-electron chi connectivity index (χ1n) is 7.39. The summed E-state index contributed by atoms with van der Waals surface area (Å²) in [5.41, 5.74) is 2.78. The van der Waals surface area contributed by atoms with Gasteiger partial charge in [0.2, 0.25) is 10.3 Å². The average molecular weight is 318 g/mol. The van der Waals surface area contributed by atoms with E-state index in [1.165, 1.54) is 11.8 Å². The van der Waals surface area contributed by atoms with Crippen molar-refractivity contribution >= 4 is 10.3 Å². The Morgan fingerprint density at radius 3 is 2.36 bits per heavy atom. The predicted octanol–water partition coefficient (Wildman–Crippen LogP) is 3.42. The van der Waals surface area contributed by atoms with Crippen LogP contribution >= 0.6 is 0 Å². The van der Waals surface area contributed by atoms with Gasteiger partial charge < -0.3 is 9.94 Å². The molecular weight excluding hydrogens is 298 g/mol. The van der Waals surface area contributed by atoms with Gasteiger partial charge in [-0.1, -0.05) is 50.6 Å². The highest BCUT2D eigenvalue weighted by Crippen LogP contribution is 2.15. The van der Waals surface area contributed by atoms with Gasteiger partial charge in [-0.2, -0.15) is 8.42 Å². The van der Waals surface area contributed by atoms with Gasteiger partial charge in [-0.15, -0.1) is 0 Å². The van der Waals surface area contributed by atoms with Gasteiger partial charge in [0.25, 0.3) is 0 Å². The van der Waals surface area contributed by atoms with Gasteiger partial charge in [0.05, 0.1) is 0 Å².